The summed E-state index contributed by atoms with van der Waals surface area (Å²) in [6.07, 6.45) is -4.91. The first-order valence-electron chi connectivity index (χ1n) is 6.71. The van der Waals surface area contributed by atoms with E-state index in [2.05, 4.69) is 15.0 Å². The van der Waals surface area contributed by atoms with Gasteiger partial charge in [0.1, 0.15) is 0 Å². The first kappa shape index (κ1) is 19.7. The molecule has 0 atom stereocenters. The molecule has 5 nitrogen and oxygen atoms in total. The summed E-state index contributed by atoms with van der Waals surface area (Å²) in [5, 5.41) is 0. The Morgan fingerprint density at radius 3 is 2.08 bits per heavy atom. The molecule has 0 N–H and O–H groups in total. The van der Waals surface area contributed by atoms with E-state index in [-0.39, 0.29) is 6.54 Å². The lowest BCUT2D eigenvalue weighted by atomic mass is 10.2. The Morgan fingerprint density at radius 1 is 1.04 bits per heavy atom. The Labute approximate surface area is 155 Å². The van der Waals surface area contributed by atoms with E-state index in [1.807, 2.05) is 0 Å². The minimum absolute atomic E-state index is 0.0587. The average Bonchev–Trinajstić information content (AvgIpc) is 2.51. The molecule has 0 saturated heterocycles. The second kappa shape index (κ2) is 7.31. The lowest BCUT2D eigenvalue weighted by Gasteiger charge is -2.21. The van der Waals surface area contributed by atoms with Gasteiger partial charge in [0.25, 0.3) is 0 Å². The third-order valence-corrected chi connectivity index (χ3v) is 3.44. The summed E-state index contributed by atoms with van der Waals surface area (Å²) in [6.45, 7) is 1.10. The summed E-state index contributed by atoms with van der Waals surface area (Å²) in [4.78, 5) is 23.0. The van der Waals surface area contributed by atoms with Gasteiger partial charge < -0.3 is 0 Å². The number of halogens is 6. The lowest BCUT2D eigenvalue weighted by molar-refractivity contribution is -0.145. The molecule has 0 saturated carbocycles. The van der Waals surface area contributed by atoms with Crippen LogP contribution in [0.4, 0.5) is 19.1 Å². The quantitative estimate of drug-likeness (QED) is 0.705. The smallest absolute Gasteiger partial charge is 0.276 e. The summed E-state index contributed by atoms with van der Waals surface area (Å²) in [7, 11) is 0. The fourth-order valence-electron chi connectivity index (χ4n) is 1.83. The molecule has 0 aliphatic rings. The van der Waals surface area contributed by atoms with E-state index >= 15 is 0 Å². The number of anilines is 1. The number of carbonyl (C=O) groups excluding carboxylic acids is 1. The molecule has 0 spiro atoms. The maximum absolute atomic E-state index is 13.0. The maximum atomic E-state index is 13.0. The molecule has 0 aliphatic carbocycles. The summed E-state index contributed by atoms with van der Waals surface area (Å²) in [6, 6.07) is 8.58. The van der Waals surface area contributed by atoms with Crippen molar-refractivity contribution in [1.82, 2.24) is 15.0 Å². The molecule has 2 aromatic rings. The van der Waals surface area contributed by atoms with E-state index in [9.17, 15) is 18.0 Å². The van der Waals surface area contributed by atoms with Crippen LogP contribution in [0.25, 0.3) is 0 Å². The molecule has 1 aromatic carbocycles. The van der Waals surface area contributed by atoms with Crippen LogP contribution in [-0.4, -0.2) is 20.9 Å². The monoisotopic (exact) mass is 412 g/mol. The number of rotatable bonds is 3. The third-order valence-electron chi connectivity index (χ3n) is 2.94. The van der Waals surface area contributed by atoms with Crippen LogP contribution in [0.5, 0.6) is 0 Å². The van der Waals surface area contributed by atoms with Gasteiger partial charge in [-0.1, -0.05) is 65.1 Å². The fourth-order valence-corrected chi connectivity index (χ4v) is 2.08. The van der Waals surface area contributed by atoms with Crippen molar-refractivity contribution in [2.45, 2.75) is 23.4 Å². The highest BCUT2D eigenvalue weighted by Gasteiger charge is 2.39. The van der Waals surface area contributed by atoms with Gasteiger partial charge >= 0.3 is 6.18 Å². The van der Waals surface area contributed by atoms with Crippen LogP contribution in [0.15, 0.2) is 30.3 Å². The van der Waals surface area contributed by atoms with Gasteiger partial charge in [-0.15, -0.1) is 0 Å². The summed E-state index contributed by atoms with van der Waals surface area (Å²) >= 11 is 16.8. The van der Waals surface area contributed by atoms with Crippen LogP contribution < -0.4 is 4.90 Å². The van der Waals surface area contributed by atoms with Crippen molar-refractivity contribution in [3.05, 3.63) is 47.5 Å². The van der Waals surface area contributed by atoms with Crippen molar-refractivity contribution in [2.24, 2.45) is 0 Å². The molecule has 0 fully saturated rings. The predicted octanol–water partition coefficient (Wildman–Crippen LogP) is 4.27. The van der Waals surface area contributed by atoms with Crippen molar-refractivity contribution in [1.29, 1.82) is 0 Å². The van der Waals surface area contributed by atoms with Gasteiger partial charge in [0.05, 0.1) is 6.54 Å². The van der Waals surface area contributed by atoms with Gasteiger partial charge in [0.15, 0.2) is 5.82 Å². The summed E-state index contributed by atoms with van der Waals surface area (Å²) in [5.41, 5.74) is 0.655. The van der Waals surface area contributed by atoms with Gasteiger partial charge in [0.2, 0.25) is 21.5 Å². The van der Waals surface area contributed by atoms with Crippen molar-refractivity contribution in [3.63, 3.8) is 0 Å². The van der Waals surface area contributed by atoms with Crippen LogP contribution in [0, 0.1) is 0 Å². The van der Waals surface area contributed by atoms with E-state index in [4.69, 9.17) is 34.8 Å². The highest BCUT2D eigenvalue weighted by atomic mass is 35.6. The van der Waals surface area contributed by atoms with Gasteiger partial charge in [-0.05, 0) is 5.56 Å². The molecule has 0 radical (unpaired) electrons. The lowest BCUT2D eigenvalue weighted by Crippen LogP contribution is -2.32. The van der Waals surface area contributed by atoms with Crippen molar-refractivity contribution in [3.8, 4) is 0 Å². The number of amides is 1. The molecular formula is C14H10Cl3F3N4O. The number of benzene rings is 1. The number of hydrogen-bond donors (Lipinski definition) is 0. The highest BCUT2D eigenvalue weighted by molar-refractivity contribution is 6.66. The molecule has 1 aromatic heterocycles. The normalized spacial score (nSPS) is 12.1. The van der Waals surface area contributed by atoms with Crippen LogP contribution in [-0.2, 0) is 21.3 Å². The zero-order valence-corrected chi connectivity index (χ0v) is 14.8. The van der Waals surface area contributed by atoms with Crippen LogP contribution in [0.1, 0.15) is 24.1 Å². The molecule has 0 unspecified atom stereocenters. The second-order valence-corrected chi connectivity index (χ2v) is 7.15. The minimum atomic E-state index is -4.91. The number of nitrogens with zero attached hydrogens (tertiary/aromatic N) is 4. The number of aromatic nitrogens is 3. The molecule has 0 bridgehead atoms. The van der Waals surface area contributed by atoms with Crippen molar-refractivity contribution < 1.29 is 18.0 Å². The van der Waals surface area contributed by atoms with Crippen molar-refractivity contribution >= 4 is 46.7 Å². The molecule has 2 rings (SSSR count). The van der Waals surface area contributed by atoms with Crippen LogP contribution >= 0.6 is 34.8 Å². The van der Waals surface area contributed by atoms with E-state index < -0.39 is 33.5 Å². The van der Waals surface area contributed by atoms with Gasteiger partial charge in [-0.25, -0.2) is 4.98 Å². The summed E-state index contributed by atoms with van der Waals surface area (Å²) in [5.74, 6) is -3.43. The molecule has 1 heterocycles. The Kier molecular flexibility index (Phi) is 5.75. The Bertz CT molecular complexity index is 734. The zero-order valence-electron chi connectivity index (χ0n) is 12.6. The first-order valence-corrected chi connectivity index (χ1v) is 7.84. The van der Waals surface area contributed by atoms with E-state index in [1.165, 1.54) is 0 Å². The highest BCUT2D eigenvalue weighted by Crippen LogP contribution is 2.38. The molecule has 25 heavy (non-hydrogen) atoms. The molecule has 134 valence electrons. The van der Waals surface area contributed by atoms with Gasteiger partial charge in [0, 0.05) is 6.92 Å². The average molecular weight is 414 g/mol. The van der Waals surface area contributed by atoms with E-state index in [0.717, 1.165) is 11.8 Å². The Hall–Kier alpha value is -1.64. The number of alkyl halides is 6. The summed E-state index contributed by atoms with van der Waals surface area (Å²) < 4.78 is 36.8. The predicted molar refractivity (Wildman–Crippen MR) is 87.4 cm³/mol. The maximum Gasteiger partial charge on any atom is 0.451 e. The largest absolute Gasteiger partial charge is 0.451 e. The topological polar surface area (TPSA) is 59.0 Å². The molecule has 11 heteroatoms. The van der Waals surface area contributed by atoms with Crippen molar-refractivity contribution in [2.75, 3.05) is 4.90 Å². The minimum Gasteiger partial charge on any atom is -0.276 e. The van der Waals surface area contributed by atoms with Crippen LogP contribution in [0.2, 0.25) is 0 Å². The van der Waals surface area contributed by atoms with E-state index in [1.54, 1.807) is 30.3 Å². The molecule has 1 amide bonds. The standard InChI is InChI=1S/C14H10Cl3F3N4O/c1-8(25)24(7-9-5-3-2-4-6-9)12-22-10(13(15,16)17)21-11(23-12)14(18,19)20/h2-6H,7H2,1H3. The third kappa shape index (κ3) is 5.17. The van der Waals surface area contributed by atoms with Gasteiger partial charge in [-0.3, -0.25) is 9.69 Å². The van der Waals surface area contributed by atoms with E-state index in [0.29, 0.717) is 5.56 Å². The Balaban J connectivity index is 2.54. The number of carbonyl (C=O) groups is 1. The fraction of sp³-hybridized carbons (Fsp3) is 0.286. The van der Waals surface area contributed by atoms with Gasteiger partial charge in [-0.2, -0.15) is 23.1 Å². The zero-order chi connectivity index (χ0) is 18.8. The first-order chi connectivity index (χ1) is 11.5. The Morgan fingerprint density at radius 2 is 1.60 bits per heavy atom. The SMILES string of the molecule is CC(=O)N(Cc1ccccc1)c1nc(C(F)(F)F)nc(C(Cl)(Cl)Cl)n1. The second-order valence-electron chi connectivity index (χ2n) is 4.87. The van der Waals surface area contributed by atoms with Crippen LogP contribution in [0.3, 0.4) is 0 Å². The molecule has 0 aliphatic heterocycles. The molecular weight excluding hydrogens is 404 g/mol. The number of hydrogen-bond acceptors (Lipinski definition) is 4.